The van der Waals surface area contributed by atoms with Gasteiger partial charge in [-0.05, 0) is 25.5 Å². The standard InChI is InChI=1S/C15H21ClN2O2/c1-11(13-5-3-4-6-14(13)16)17-12(2)15(19)18-7-9-20-10-8-18/h3-6,11-12,17H,7-10H2,1-2H3. The van der Waals surface area contributed by atoms with Crippen LogP contribution in [0, 0.1) is 0 Å². The fourth-order valence-corrected chi connectivity index (χ4v) is 2.72. The first-order valence-electron chi connectivity index (χ1n) is 6.96. The third-order valence-electron chi connectivity index (χ3n) is 3.56. The lowest BCUT2D eigenvalue weighted by Gasteiger charge is -2.30. The summed E-state index contributed by atoms with van der Waals surface area (Å²) < 4.78 is 5.26. The van der Waals surface area contributed by atoms with Crippen LogP contribution in [-0.4, -0.2) is 43.2 Å². The summed E-state index contributed by atoms with van der Waals surface area (Å²) in [7, 11) is 0. The maximum atomic E-state index is 12.3. The van der Waals surface area contributed by atoms with Gasteiger partial charge in [0.05, 0.1) is 19.3 Å². The molecule has 0 spiro atoms. The first kappa shape index (κ1) is 15.3. The van der Waals surface area contributed by atoms with Gasteiger partial charge in [0.2, 0.25) is 5.91 Å². The zero-order valence-electron chi connectivity index (χ0n) is 11.9. The van der Waals surface area contributed by atoms with E-state index in [9.17, 15) is 4.79 Å². The van der Waals surface area contributed by atoms with Crippen molar-refractivity contribution in [1.82, 2.24) is 10.2 Å². The molecule has 1 aliphatic heterocycles. The molecule has 1 aromatic carbocycles. The predicted molar refractivity (Wildman–Crippen MR) is 79.9 cm³/mol. The van der Waals surface area contributed by atoms with E-state index in [1.165, 1.54) is 0 Å². The molecular formula is C15H21ClN2O2. The van der Waals surface area contributed by atoms with Gasteiger partial charge in [-0.3, -0.25) is 10.1 Å². The van der Waals surface area contributed by atoms with Crippen molar-refractivity contribution in [3.63, 3.8) is 0 Å². The Morgan fingerprint density at radius 2 is 1.95 bits per heavy atom. The first-order valence-corrected chi connectivity index (χ1v) is 7.34. The fraction of sp³-hybridized carbons (Fsp3) is 0.533. The van der Waals surface area contributed by atoms with Crippen LogP contribution in [0.15, 0.2) is 24.3 Å². The number of carbonyl (C=O) groups is 1. The SMILES string of the molecule is CC(NC(C)c1ccccc1Cl)C(=O)N1CCOCC1. The molecule has 1 aliphatic rings. The number of amides is 1. The molecule has 0 radical (unpaired) electrons. The molecule has 1 N–H and O–H groups in total. The van der Waals surface area contributed by atoms with Gasteiger partial charge in [0, 0.05) is 24.2 Å². The summed E-state index contributed by atoms with van der Waals surface area (Å²) >= 11 is 6.18. The van der Waals surface area contributed by atoms with Gasteiger partial charge in [0.1, 0.15) is 0 Å². The zero-order chi connectivity index (χ0) is 14.5. The summed E-state index contributed by atoms with van der Waals surface area (Å²) in [6.07, 6.45) is 0. The average Bonchev–Trinajstić information content (AvgIpc) is 2.47. The normalized spacial score (nSPS) is 18.6. The van der Waals surface area contributed by atoms with Crippen molar-refractivity contribution in [2.75, 3.05) is 26.3 Å². The number of nitrogens with zero attached hydrogens (tertiary/aromatic N) is 1. The van der Waals surface area contributed by atoms with E-state index in [-0.39, 0.29) is 18.0 Å². The summed E-state index contributed by atoms with van der Waals surface area (Å²) in [4.78, 5) is 14.2. The van der Waals surface area contributed by atoms with E-state index in [1.54, 1.807) is 0 Å². The van der Waals surface area contributed by atoms with Gasteiger partial charge >= 0.3 is 0 Å². The summed E-state index contributed by atoms with van der Waals surface area (Å²) in [6, 6.07) is 7.49. The molecule has 1 heterocycles. The lowest BCUT2D eigenvalue weighted by molar-refractivity contribution is -0.137. The molecule has 0 saturated carbocycles. The third kappa shape index (κ3) is 3.72. The second-order valence-corrected chi connectivity index (χ2v) is 5.48. The van der Waals surface area contributed by atoms with Crippen LogP contribution in [0.2, 0.25) is 5.02 Å². The minimum Gasteiger partial charge on any atom is -0.378 e. The van der Waals surface area contributed by atoms with Crippen molar-refractivity contribution in [2.45, 2.75) is 25.9 Å². The first-order chi connectivity index (χ1) is 9.59. The molecule has 0 aromatic heterocycles. The summed E-state index contributed by atoms with van der Waals surface area (Å²) in [5, 5.41) is 4.04. The van der Waals surface area contributed by atoms with Crippen molar-refractivity contribution in [3.05, 3.63) is 34.9 Å². The number of rotatable bonds is 4. The largest absolute Gasteiger partial charge is 0.378 e. The molecular weight excluding hydrogens is 276 g/mol. The van der Waals surface area contributed by atoms with E-state index in [1.807, 2.05) is 43.0 Å². The van der Waals surface area contributed by atoms with Crippen molar-refractivity contribution in [1.29, 1.82) is 0 Å². The Morgan fingerprint density at radius 1 is 1.30 bits per heavy atom. The number of halogens is 1. The number of morpholine rings is 1. The van der Waals surface area contributed by atoms with Crippen LogP contribution in [0.1, 0.15) is 25.5 Å². The van der Waals surface area contributed by atoms with Crippen LogP contribution in [0.4, 0.5) is 0 Å². The van der Waals surface area contributed by atoms with Crippen LogP contribution < -0.4 is 5.32 Å². The minimum absolute atomic E-state index is 0.0312. The third-order valence-corrected chi connectivity index (χ3v) is 3.91. The number of benzene rings is 1. The molecule has 2 unspecified atom stereocenters. The van der Waals surface area contributed by atoms with Crippen molar-refractivity contribution in [3.8, 4) is 0 Å². The van der Waals surface area contributed by atoms with Gasteiger partial charge < -0.3 is 9.64 Å². The maximum absolute atomic E-state index is 12.3. The number of hydrogen-bond acceptors (Lipinski definition) is 3. The van der Waals surface area contributed by atoms with Crippen LogP contribution in [0.25, 0.3) is 0 Å². The monoisotopic (exact) mass is 296 g/mol. The molecule has 1 aromatic rings. The molecule has 0 aliphatic carbocycles. The second-order valence-electron chi connectivity index (χ2n) is 5.07. The molecule has 2 atom stereocenters. The Bertz CT molecular complexity index is 461. The molecule has 1 fully saturated rings. The molecule has 4 nitrogen and oxygen atoms in total. The van der Waals surface area contributed by atoms with Crippen LogP contribution in [0.5, 0.6) is 0 Å². The minimum atomic E-state index is -0.237. The highest BCUT2D eigenvalue weighted by atomic mass is 35.5. The molecule has 0 bridgehead atoms. The van der Waals surface area contributed by atoms with E-state index in [4.69, 9.17) is 16.3 Å². The number of hydrogen-bond donors (Lipinski definition) is 1. The van der Waals surface area contributed by atoms with E-state index < -0.39 is 0 Å². The van der Waals surface area contributed by atoms with Crippen molar-refractivity contribution >= 4 is 17.5 Å². The van der Waals surface area contributed by atoms with Gasteiger partial charge in [0.25, 0.3) is 0 Å². The van der Waals surface area contributed by atoms with Gasteiger partial charge in [0.15, 0.2) is 0 Å². The maximum Gasteiger partial charge on any atom is 0.239 e. The second kappa shape index (κ2) is 7.07. The highest BCUT2D eigenvalue weighted by Gasteiger charge is 2.24. The molecule has 1 amide bonds. The highest BCUT2D eigenvalue weighted by Crippen LogP contribution is 2.22. The Balaban J connectivity index is 1.95. The smallest absolute Gasteiger partial charge is 0.239 e. The summed E-state index contributed by atoms with van der Waals surface area (Å²) in [5.74, 6) is 0.118. The summed E-state index contributed by atoms with van der Waals surface area (Å²) in [5.41, 5.74) is 1.01. The Kier molecular flexibility index (Phi) is 5.40. The van der Waals surface area contributed by atoms with Gasteiger partial charge in [-0.1, -0.05) is 29.8 Å². The van der Waals surface area contributed by atoms with Gasteiger partial charge in [-0.15, -0.1) is 0 Å². The molecule has 2 rings (SSSR count). The van der Waals surface area contributed by atoms with Crippen LogP contribution in [0.3, 0.4) is 0 Å². The Morgan fingerprint density at radius 3 is 2.60 bits per heavy atom. The highest BCUT2D eigenvalue weighted by molar-refractivity contribution is 6.31. The van der Waals surface area contributed by atoms with Gasteiger partial charge in [-0.2, -0.15) is 0 Å². The van der Waals surface area contributed by atoms with E-state index >= 15 is 0 Å². The van der Waals surface area contributed by atoms with Crippen LogP contribution >= 0.6 is 11.6 Å². The van der Waals surface area contributed by atoms with Crippen LogP contribution in [-0.2, 0) is 9.53 Å². The Labute approximate surface area is 125 Å². The fourth-order valence-electron chi connectivity index (χ4n) is 2.42. The van der Waals surface area contributed by atoms with Crippen molar-refractivity contribution in [2.24, 2.45) is 0 Å². The Hall–Kier alpha value is -1.10. The quantitative estimate of drug-likeness (QED) is 0.926. The van der Waals surface area contributed by atoms with E-state index in [0.29, 0.717) is 26.3 Å². The average molecular weight is 297 g/mol. The molecule has 110 valence electrons. The van der Waals surface area contributed by atoms with E-state index in [2.05, 4.69) is 5.32 Å². The van der Waals surface area contributed by atoms with E-state index in [0.717, 1.165) is 10.6 Å². The lowest BCUT2D eigenvalue weighted by atomic mass is 10.1. The summed E-state index contributed by atoms with van der Waals surface area (Å²) in [6.45, 7) is 6.50. The zero-order valence-corrected chi connectivity index (χ0v) is 12.7. The number of nitrogens with one attached hydrogen (secondary N) is 1. The molecule has 1 saturated heterocycles. The lowest BCUT2D eigenvalue weighted by Crippen LogP contribution is -2.49. The predicted octanol–water partition coefficient (Wildman–Crippen LogP) is 2.24. The van der Waals surface area contributed by atoms with Crippen molar-refractivity contribution < 1.29 is 9.53 Å². The topological polar surface area (TPSA) is 41.6 Å². The number of carbonyl (C=O) groups excluding carboxylic acids is 1. The molecule has 5 heteroatoms. The number of ether oxygens (including phenoxy) is 1. The van der Waals surface area contributed by atoms with Gasteiger partial charge in [-0.25, -0.2) is 0 Å². The molecule has 20 heavy (non-hydrogen) atoms.